The highest BCUT2D eigenvalue weighted by atomic mass is 16.5. The fourth-order valence-electron chi connectivity index (χ4n) is 10.6. The molecule has 4 amide bonds. The third-order valence-electron chi connectivity index (χ3n) is 15.5. The number of fused-ring (bicyclic) bond motifs is 3. The van der Waals surface area contributed by atoms with Crippen molar-refractivity contribution in [2.75, 3.05) is 23.8 Å². The SMILES string of the molecule is C=C1C[C@H]2C=Nc3cc(OCCCC(=O)Nc4cn(C)c(C(=O)Nc5ccc(-c6cc(C(=O)n7ccc8cc(CC(=O)[C@H](CCCCC)NC(=O)[C@@H](CC(=O)[C@@H](C)CCC(C)=O)C(C)C)ccc87)n(C)c6)cc5)n4)c(C)cc3C(=O)N2C1. The van der Waals surface area contributed by atoms with Crippen molar-refractivity contribution in [3.63, 3.8) is 0 Å². The molecule has 0 unspecified atom stereocenters. The Morgan fingerprint density at radius 3 is 2.34 bits per heavy atom. The molecule has 5 heterocycles. The van der Waals surface area contributed by atoms with Crippen LogP contribution in [0, 0.1) is 24.7 Å². The number of ketones is 3. The predicted octanol–water partition coefficient (Wildman–Crippen LogP) is 10.3. The van der Waals surface area contributed by atoms with Gasteiger partial charge in [0.25, 0.3) is 17.7 Å². The number of aliphatic imine (C=N–C) groups is 1. The summed E-state index contributed by atoms with van der Waals surface area (Å²) in [5.41, 5.74) is 6.83. The molecule has 1 fully saturated rings. The molecule has 8 rings (SSSR count). The number of hydrogen-bond acceptors (Lipinski definition) is 11. The van der Waals surface area contributed by atoms with Crippen molar-refractivity contribution < 1.29 is 43.1 Å². The molecular weight excluding hydrogens is 1040 g/mol. The number of aromatic nitrogens is 4. The lowest BCUT2D eigenvalue weighted by molar-refractivity contribution is -0.134. The first-order valence-corrected chi connectivity index (χ1v) is 28.4. The first-order chi connectivity index (χ1) is 39.2. The number of hydrogen-bond donors (Lipinski definition) is 3. The Morgan fingerprint density at radius 1 is 0.841 bits per heavy atom. The van der Waals surface area contributed by atoms with Crippen molar-refractivity contribution >= 4 is 81.2 Å². The van der Waals surface area contributed by atoms with Crippen molar-refractivity contribution in [1.29, 1.82) is 0 Å². The topological polar surface area (TPSA) is 225 Å². The second kappa shape index (κ2) is 26.4. The zero-order valence-electron chi connectivity index (χ0n) is 48.3. The second-order valence-corrected chi connectivity index (χ2v) is 22.4. The number of imidazole rings is 1. The Morgan fingerprint density at radius 2 is 1.61 bits per heavy atom. The highest BCUT2D eigenvalue weighted by Crippen LogP contribution is 2.35. The molecule has 82 heavy (non-hydrogen) atoms. The molecule has 1 saturated heterocycles. The van der Waals surface area contributed by atoms with Crippen LogP contribution in [0.2, 0.25) is 0 Å². The highest BCUT2D eigenvalue weighted by Gasteiger charge is 2.35. The van der Waals surface area contributed by atoms with Crippen LogP contribution in [0.4, 0.5) is 17.2 Å². The second-order valence-electron chi connectivity index (χ2n) is 22.4. The molecule has 18 nitrogen and oxygen atoms in total. The number of carbonyl (C=O) groups excluding carboxylic acids is 8. The molecule has 4 atom stereocenters. The summed E-state index contributed by atoms with van der Waals surface area (Å²) in [6, 6.07) is 19.1. The highest BCUT2D eigenvalue weighted by molar-refractivity contribution is 6.05. The molecular formula is C64H75N9O9. The molecule has 2 aliphatic rings. The number of aryl methyl sites for hydroxylation is 3. The standard InChI is InChI=1S/C64H75N9O9/c1-10-11-12-14-51(67-61(78)49(38(2)3)32-55(75)40(5)16-17-42(7)74)56(76)30-43-18-23-53-45(29-43)24-25-72(53)64(81)54-31-46(36-70(54)8)44-19-21-47(22-20-44)66-62(79)60-69-58(37-71(60)9)68-59(77)15-13-26-82-57-33-52-50(28-41(57)6)63(80)73-35-39(4)27-48(73)34-65-52/h18-25,28-29,31,33-34,36-38,40,48-49,51H,4,10-17,26-27,30,32,35H2,1-3,5-9H3,(H,66,79)(H,67,78)(H,68,77)/t40-,48-,49-,51-/m0/s1. The fraction of sp³-hybridized carbons (Fsp3) is 0.406. The molecule has 3 aromatic carbocycles. The smallest absolute Gasteiger partial charge is 0.291 e. The van der Waals surface area contributed by atoms with E-state index in [9.17, 15) is 38.4 Å². The number of amides is 4. The van der Waals surface area contributed by atoms with Crippen LogP contribution in [0.25, 0.3) is 22.0 Å². The summed E-state index contributed by atoms with van der Waals surface area (Å²) in [6.07, 6.45) is 12.1. The van der Waals surface area contributed by atoms with Gasteiger partial charge in [-0.1, -0.05) is 77.3 Å². The maximum absolute atomic E-state index is 14.1. The third-order valence-corrected chi connectivity index (χ3v) is 15.5. The molecule has 18 heteroatoms. The maximum atomic E-state index is 14.1. The van der Waals surface area contributed by atoms with Gasteiger partial charge in [-0.2, -0.15) is 0 Å². The average Bonchev–Trinajstić information content (AvgIpc) is 4.43. The van der Waals surface area contributed by atoms with Gasteiger partial charge >= 0.3 is 0 Å². The predicted molar refractivity (Wildman–Crippen MR) is 317 cm³/mol. The van der Waals surface area contributed by atoms with E-state index in [2.05, 4.69) is 39.4 Å². The van der Waals surface area contributed by atoms with Crippen molar-refractivity contribution in [2.24, 2.45) is 36.8 Å². The van der Waals surface area contributed by atoms with Crippen LogP contribution >= 0.6 is 0 Å². The summed E-state index contributed by atoms with van der Waals surface area (Å²) in [6.45, 7) is 15.8. The number of Topliss-reactive ketones (excluding diaryl/α,β-unsaturated/α-hetero) is 3. The molecule has 6 aromatic rings. The Labute approximate surface area is 478 Å². The quantitative estimate of drug-likeness (QED) is 0.0344. The number of benzene rings is 3. The average molecular weight is 1110 g/mol. The van der Waals surface area contributed by atoms with Gasteiger partial charge in [0.2, 0.25) is 17.6 Å². The van der Waals surface area contributed by atoms with E-state index in [-0.39, 0.29) is 96.4 Å². The van der Waals surface area contributed by atoms with Crippen molar-refractivity contribution in [3.8, 4) is 16.9 Å². The monoisotopic (exact) mass is 1110 g/mol. The van der Waals surface area contributed by atoms with E-state index in [4.69, 9.17) is 4.74 Å². The molecule has 0 aliphatic carbocycles. The van der Waals surface area contributed by atoms with E-state index in [0.717, 1.165) is 52.5 Å². The molecule has 0 saturated carbocycles. The van der Waals surface area contributed by atoms with Crippen molar-refractivity contribution in [3.05, 3.63) is 126 Å². The van der Waals surface area contributed by atoms with Gasteiger partial charge in [-0.25, -0.2) is 4.98 Å². The summed E-state index contributed by atoms with van der Waals surface area (Å²) < 4.78 is 10.9. The lowest BCUT2D eigenvalue weighted by Gasteiger charge is -2.25. The fourth-order valence-corrected chi connectivity index (χ4v) is 10.6. The first kappa shape index (κ1) is 59.6. The van der Waals surface area contributed by atoms with Gasteiger partial charge in [-0.3, -0.25) is 43.1 Å². The maximum Gasteiger partial charge on any atom is 0.291 e. The van der Waals surface area contributed by atoms with E-state index < -0.39 is 17.9 Å². The summed E-state index contributed by atoms with van der Waals surface area (Å²) in [5.74, 6) is -1.78. The largest absolute Gasteiger partial charge is 0.493 e. The number of rotatable bonds is 26. The number of nitrogens with zero attached hydrogens (tertiary/aromatic N) is 6. The van der Waals surface area contributed by atoms with Gasteiger partial charge in [0.15, 0.2) is 11.6 Å². The summed E-state index contributed by atoms with van der Waals surface area (Å²) in [4.78, 5) is 117. The van der Waals surface area contributed by atoms with E-state index in [0.29, 0.717) is 72.5 Å². The Kier molecular flexibility index (Phi) is 19.2. The lowest BCUT2D eigenvalue weighted by atomic mass is 9.85. The zero-order valence-corrected chi connectivity index (χ0v) is 48.3. The van der Waals surface area contributed by atoms with E-state index in [1.807, 2.05) is 69.4 Å². The Balaban J connectivity index is 0.829. The van der Waals surface area contributed by atoms with Gasteiger partial charge in [-0.15, -0.1) is 0 Å². The number of ether oxygens (including phenoxy) is 1. The minimum atomic E-state index is -0.724. The summed E-state index contributed by atoms with van der Waals surface area (Å²) in [7, 11) is 3.46. The minimum absolute atomic E-state index is 0.0206. The van der Waals surface area contributed by atoms with Gasteiger partial charge < -0.3 is 39.5 Å². The summed E-state index contributed by atoms with van der Waals surface area (Å²) in [5, 5.41) is 9.43. The molecule has 0 radical (unpaired) electrons. The first-order valence-electron chi connectivity index (χ1n) is 28.4. The molecule has 0 spiro atoms. The van der Waals surface area contributed by atoms with Crippen LogP contribution in [-0.4, -0.2) is 102 Å². The minimum Gasteiger partial charge on any atom is -0.493 e. The molecule has 430 valence electrons. The lowest BCUT2D eigenvalue weighted by Crippen LogP contribution is -2.46. The van der Waals surface area contributed by atoms with Crippen LogP contribution in [0.3, 0.4) is 0 Å². The number of nitrogens with one attached hydrogen (secondary N) is 3. The number of unbranched alkanes of at least 4 members (excludes halogenated alkanes) is 2. The molecule has 2 aliphatic heterocycles. The van der Waals surface area contributed by atoms with Crippen LogP contribution in [-0.2, 0) is 44.5 Å². The number of anilines is 2. The van der Waals surface area contributed by atoms with Gasteiger partial charge in [0.1, 0.15) is 23.0 Å². The van der Waals surface area contributed by atoms with Gasteiger partial charge in [-0.05, 0) is 105 Å². The van der Waals surface area contributed by atoms with Crippen LogP contribution in [0.1, 0.15) is 141 Å². The van der Waals surface area contributed by atoms with Crippen molar-refractivity contribution in [2.45, 2.75) is 124 Å². The third kappa shape index (κ3) is 14.3. The van der Waals surface area contributed by atoms with Crippen molar-refractivity contribution in [1.82, 2.24) is 28.9 Å². The van der Waals surface area contributed by atoms with E-state index in [1.54, 1.807) is 77.9 Å². The summed E-state index contributed by atoms with van der Waals surface area (Å²) >= 11 is 0. The zero-order chi connectivity index (χ0) is 58.9. The van der Waals surface area contributed by atoms with Crippen LogP contribution in [0.15, 0.2) is 102 Å². The van der Waals surface area contributed by atoms with Gasteiger partial charge in [0.05, 0.1) is 35.5 Å². The van der Waals surface area contributed by atoms with Gasteiger partial charge in [0, 0.05) is 106 Å². The van der Waals surface area contributed by atoms with E-state index >= 15 is 0 Å². The molecule has 3 aromatic heterocycles. The van der Waals surface area contributed by atoms with E-state index in [1.165, 1.54) is 11.5 Å². The Hall–Kier alpha value is -8.54. The Bertz CT molecular complexity index is 3470. The van der Waals surface area contributed by atoms with Crippen LogP contribution in [0.5, 0.6) is 5.75 Å². The molecule has 0 bridgehead atoms. The normalized spacial score (nSPS) is 14.9. The van der Waals surface area contributed by atoms with Crippen LogP contribution < -0.4 is 20.7 Å². The number of carbonyl (C=O) groups is 8. The molecule has 3 N–H and O–H groups in total.